The van der Waals surface area contributed by atoms with Gasteiger partial charge in [-0.25, -0.2) is 0 Å². The largest absolute Gasteiger partial charge is 0.403 e. The standard InChI is InChI=1S/C3H9ClO3P/c1-8(5,6)7-3-2-4/h5-6H,2-3H2,1H3/q+1. The Morgan fingerprint density at radius 3 is 2.25 bits per heavy atom. The summed E-state index contributed by atoms with van der Waals surface area (Å²) in [6.07, 6.45) is 0. The molecule has 0 rings (SSSR count). The Balaban J connectivity index is 3.11. The van der Waals surface area contributed by atoms with E-state index in [1.165, 1.54) is 6.66 Å². The highest BCUT2D eigenvalue weighted by atomic mass is 35.5. The lowest BCUT2D eigenvalue weighted by molar-refractivity contribution is 0.249. The summed E-state index contributed by atoms with van der Waals surface area (Å²) < 4.78 is 4.47. The molecular weight excluding hydrogens is 150 g/mol. The van der Waals surface area contributed by atoms with Crippen molar-refractivity contribution in [3.8, 4) is 0 Å². The fourth-order valence-corrected chi connectivity index (χ4v) is 0.829. The highest BCUT2D eigenvalue weighted by molar-refractivity contribution is 7.58. The predicted octanol–water partition coefficient (Wildman–Crippen LogP) is 0.619. The molecule has 0 fully saturated rings. The van der Waals surface area contributed by atoms with Crippen LogP contribution in [0.15, 0.2) is 0 Å². The number of alkyl halides is 1. The second kappa shape index (κ2) is 3.59. The van der Waals surface area contributed by atoms with Gasteiger partial charge < -0.3 is 0 Å². The van der Waals surface area contributed by atoms with Gasteiger partial charge in [-0.1, -0.05) is 0 Å². The maximum atomic E-state index is 8.53. The van der Waals surface area contributed by atoms with Crippen molar-refractivity contribution in [2.45, 2.75) is 0 Å². The Hall–Kier alpha value is 0.600. The first-order valence-electron chi connectivity index (χ1n) is 2.09. The molecule has 0 aromatic heterocycles. The van der Waals surface area contributed by atoms with Gasteiger partial charge in [0.15, 0.2) is 0 Å². The number of rotatable bonds is 3. The monoisotopic (exact) mass is 159 g/mol. The third kappa shape index (κ3) is 6.60. The minimum Gasteiger partial charge on any atom is -0.193 e. The highest BCUT2D eigenvalue weighted by Crippen LogP contribution is 2.45. The van der Waals surface area contributed by atoms with Crippen molar-refractivity contribution in [2.75, 3.05) is 19.2 Å². The van der Waals surface area contributed by atoms with E-state index in [1.54, 1.807) is 0 Å². The quantitative estimate of drug-likeness (QED) is 0.469. The molecule has 2 N–H and O–H groups in total. The van der Waals surface area contributed by atoms with Crippen molar-refractivity contribution in [1.29, 1.82) is 0 Å². The van der Waals surface area contributed by atoms with Gasteiger partial charge in [-0.3, -0.25) is 0 Å². The molecule has 0 bridgehead atoms. The molecule has 0 radical (unpaired) electrons. The third-order valence-corrected chi connectivity index (χ3v) is 1.24. The van der Waals surface area contributed by atoms with Crippen molar-refractivity contribution in [2.24, 2.45) is 0 Å². The van der Waals surface area contributed by atoms with Gasteiger partial charge in [0.2, 0.25) is 0 Å². The van der Waals surface area contributed by atoms with E-state index in [0.717, 1.165) is 0 Å². The minimum absolute atomic E-state index is 0.193. The Labute approximate surface area is 53.8 Å². The van der Waals surface area contributed by atoms with Crippen molar-refractivity contribution in [3.05, 3.63) is 0 Å². The smallest absolute Gasteiger partial charge is 0.193 e. The van der Waals surface area contributed by atoms with Crippen molar-refractivity contribution >= 4 is 19.5 Å². The first kappa shape index (κ1) is 8.60. The molecule has 0 unspecified atom stereocenters. The number of halogens is 1. The zero-order chi connectivity index (χ0) is 6.62. The zero-order valence-electron chi connectivity index (χ0n) is 4.54. The summed E-state index contributed by atoms with van der Waals surface area (Å²) in [6, 6.07) is 0. The van der Waals surface area contributed by atoms with Crippen LogP contribution in [0.4, 0.5) is 0 Å². The van der Waals surface area contributed by atoms with Crippen LogP contribution in [0.25, 0.3) is 0 Å². The maximum absolute atomic E-state index is 8.53. The van der Waals surface area contributed by atoms with Crippen LogP contribution < -0.4 is 0 Å². The van der Waals surface area contributed by atoms with Gasteiger partial charge in [-0.05, 0) is 0 Å². The first-order chi connectivity index (χ1) is 3.56. The topological polar surface area (TPSA) is 49.7 Å². The van der Waals surface area contributed by atoms with E-state index in [9.17, 15) is 0 Å². The van der Waals surface area contributed by atoms with Gasteiger partial charge >= 0.3 is 7.94 Å². The predicted molar refractivity (Wildman–Crippen MR) is 34.0 cm³/mol. The molecule has 0 saturated carbocycles. The van der Waals surface area contributed by atoms with Crippen molar-refractivity contribution in [3.63, 3.8) is 0 Å². The molecule has 0 spiro atoms. The van der Waals surface area contributed by atoms with Crippen LogP contribution in [0.1, 0.15) is 0 Å². The number of hydrogen-bond acceptors (Lipinski definition) is 3. The fourth-order valence-electron chi connectivity index (χ4n) is 0.207. The van der Waals surface area contributed by atoms with E-state index in [0.29, 0.717) is 0 Å². The van der Waals surface area contributed by atoms with Gasteiger partial charge in [-0.2, -0.15) is 14.3 Å². The molecule has 8 heavy (non-hydrogen) atoms. The number of hydrogen-bond donors (Lipinski definition) is 2. The van der Waals surface area contributed by atoms with Crippen LogP contribution in [0.5, 0.6) is 0 Å². The Morgan fingerprint density at radius 2 is 2.12 bits per heavy atom. The molecule has 0 aliphatic heterocycles. The minimum atomic E-state index is -3.02. The lowest BCUT2D eigenvalue weighted by Crippen LogP contribution is -1.96. The third-order valence-electron chi connectivity index (χ3n) is 0.413. The average molecular weight is 160 g/mol. The van der Waals surface area contributed by atoms with E-state index in [2.05, 4.69) is 4.52 Å². The zero-order valence-corrected chi connectivity index (χ0v) is 6.19. The Kier molecular flexibility index (Phi) is 3.86. The van der Waals surface area contributed by atoms with Crippen LogP contribution in [-0.4, -0.2) is 28.9 Å². The van der Waals surface area contributed by atoms with Gasteiger partial charge in [0.1, 0.15) is 13.3 Å². The summed E-state index contributed by atoms with van der Waals surface area (Å²) in [5.41, 5.74) is 0. The average Bonchev–Trinajstić information content (AvgIpc) is 1.59. The van der Waals surface area contributed by atoms with E-state index < -0.39 is 7.94 Å². The molecule has 0 aromatic rings. The molecule has 0 saturated heterocycles. The molecule has 0 atom stereocenters. The molecular formula is C3H9ClO3P+. The van der Waals surface area contributed by atoms with Gasteiger partial charge in [0.05, 0.1) is 5.88 Å². The fraction of sp³-hybridized carbons (Fsp3) is 1.00. The van der Waals surface area contributed by atoms with E-state index in [4.69, 9.17) is 21.4 Å². The first-order valence-corrected chi connectivity index (χ1v) is 4.68. The SMILES string of the molecule is C[P+](O)(O)OCCCl. The Morgan fingerprint density at radius 1 is 1.62 bits per heavy atom. The van der Waals surface area contributed by atoms with Crippen molar-refractivity contribution in [1.82, 2.24) is 0 Å². The second-order valence-corrected chi connectivity index (χ2v) is 3.66. The van der Waals surface area contributed by atoms with Gasteiger partial charge in [0, 0.05) is 0 Å². The second-order valence-electron chi connectivity index (χ2n) is 1.36. The summed E-state index contributed by atoms with van der Waals surface area (Å²) in [5.74, 6) is 0.288. The summed E-state index contributed by atoms with van der Waals surface area (Å²) in [6.45, 7) is 1.43. The van der Waals surface area contributed by atoms with Crippen LogP contribution >= 0.6 is 19.5 Å². The molecule has 0 amide bonds. The van der Waals surface area contributed by atoms with Crippen molar-refractivity contribution < 1.29 is 14.3 Å². The molecule has 3 nitrogen and oxygen atoms in total. The van der Waals surface area contributed by atoms with Gasteiger partial charge in [-0.15, -0.1) is 11.6 Å². The summed E-state index contributed by atoms with van der Waals surface area (Å²) in [5, 5.41) is 0. The molecule has 0 aromatic carbocycles. The summed E-state index contributed by atoms with van der Waals surface area (Å²) in [7, 11) is -3.02. The van der Waals surface area contributed by atoms with E-state index in [-0.39, 0.29) is 12.5 Å². The molecule has 0 aliphatic carbocycles. The summed E-state index contributed by atoms with van der Waals surface area (Å²) in [4.78, 5) is 17.1. The van der Waals surface area contributed by atoms with E-state index in [1.807, 2.05) is 0 Å². The highest BCUT2D eigenvalue weighted by Gasteiger charge is 2.25. The lowest BCUT2D eigenvalue weighted by atomic mass is 10.9. The molecule has 0 aliphatic rings. The van der Waals surface area contributed by atoms with Crippen LogP contribution in [0.2, 0.25) is 0 Å². The van der Waals surface area contributed by atoms with E-state index >= 15 is 0 Å². The molecule has 5 heteroatoms. The van der Waals surface area contributed by atoms with Gasteiger partial charge in [0.25, 0.3) is 0 Å². The maximum Gasteiger partial charge on any atom is 0.403 e. The van der Waals surface area contributed by atoms with Crippen LogP contribution in [-0.2, 0) is 4.52 Å². The lowest BCUT2D eigenvalue weighted by Gasteiger charge is -2.02. The molecule has 50 valence electrons. The van der Waals surface area contributed by atoms with Crippen LogP contribution in [0.3, 0.4) is 0 Å². The normalized spacial score (nSPS) is 12.0. The van der Waals surface area contributed by atoms with Crippen LogP contribution in [0, 0.1) is 0 Å². The Bertz CT molecular complexity index is 62.0. The summed E-state index contributed by atoms with van der Waals surface area (Å²) >= 11 is 5.18. The molecule has 0 heterocycles.